The summed E-state index contributed by atoms with van der Waals surface area (Å²) in [6.45, 7) is 9.58. The summed E-state index contributed by atoms with van der Waals surface area (Å²) >= 11 is 0. The molecule has 9 nitrogen and oxygen atoms in total. The lowest BCUT2D eigenvalue weighted by Gasteiger charge is -2.23. The summed E-state index contributed by atoms with van der Waals surface area (Å²) in [5.41, 5.74) is 2.56. The van der Waals surface area contributed by atoms with Gasteiger partial charge in [-0.15, -0.1) is 0 Å². The molecule has 40 heavy (non-hydrogen) atoms. The zero-order valence-corrected chi connectivity index (χ0v) is 23.6. The summed E-state index contributed by atoms with van der Waals surface area (Å²) in [5.74, 6) is -0.0536. The van der Waals surface area contributed by atoms with Crippen molar-refractivity contribution in [3.05, 3.63) is 87.7 Å². The van der Waals surface area contributed by atoms with Crippen LogP contribution < -0.4 is 10.3 Å². The van der Waals surface area contributed by atoms with E-state index in [-0.39, 0.29) is 18.3 Å². The standard InChI is InChI=1S/C30H33FN6O3/c1-18(2)27-23-16-32-37(30(3,4)5)28(23)29(39)35(34-27)17-26(38)36-25(20-7-11-21(31)12-8-20)15-24(33-36)19-9-13-22(40-6)14-10-19/h7-14,16,18,25H,15,17H2,1-6H3. The smallest absolute Gasteiger partial charge is 0.293 e. The van der Waals surface area contributed by atoms with Gasteiger partial charge in [-0.1, -0.05) is 26.0 Å². The number of carbonyl (C=O) groups excluding carboxylic acids is 1. The van der Waals surface area contributed by atoms with E-state index in [0.717, 1.165) is 11.1 Å². The van der Waals surface area contributed by atoms with E-state index in [9.17, 15) is 14.0 Å². The van der Waals surface area contributed by atoms with Gasteiger partial charge in [0.2, 0.25) is 0 Å². The number of halogens is 1. The minimum Gasteiger partial charge on any atom is -0.497 e. The second kappa shape index (κ2) is 10.3. The molecule has 4 aromatic rings. The molecule has 0 radical (unpaired) electrons. The minimum absolute atomic E-state index is 0.000478. The molecule has 0 fully saturated rings. The van der Waals surface area contributed by atoms with E-state index in [0.29, 0.717) is 34.5 Å². The molecule has 1 unspecified atom stereocenters. The van der Waals surface area contributed by atoms with Crippen molar-refractivity contribution in [3.8, 4) is 5.75 Å². The quantitative estimate of drug-likeness (QED) is 0.341. The summed E-state index contributed by atoms with van der Waals surface area (Å²) in [4.78, 5) is 27.5. The van der Waals surface area contributed by atoms with E-state index in [1.807, 2.05) is 58.9 Å². The van der Waals surface area contributed by atoms with Gasteiger partial charge in [0.25, 0.3) is 11.5 Å². The Morgan fingerprint density at radius 1 is 1.10 bits per heavy atom. The Hall–Kier alpha value is -4.34. The summed E-state index contributed by atoms with van der Waals surface area (Å²) in [6, 6.07) is 13.0. The Kier molecular flexibility index (Phi) is 7.03. The summed E-state index contributed by atoms with van der Waals surface area (Å²) in [7, 11) is 1.60. The van der Waals surface area contributed by atoms with E-state index in [4.69, 9.17) is 9.84 Å². The molecular formula is C30H33FN6O3. The monoisotopic (exact) mass is 544 g/mol. The molecule has 1 atom stereocenters. The van der Waals surface area contributed by atoms with Crippen LogP contribution in [0.25, 0.3) is 10.9 Å². The maximum atomic E-state index is 13.8. The van der Waals surface area contributed by atoms with Gasteiger partial charge in [0.1, 0.15) is 23.6 Å². The Morgan fingerprint density at radius 3 is 2.38 bits per heavy atom. The first-order valence-electron chi connectivity index (χ1n) is 13.3. The summed E-state index contributed by atoms with van der Waals surface area (Å²) < 4.78 is 21.9. The highest BCUT2D eigenvalue weighted by atomic mass is 19.1. The van der Waals surface area contributed by atoms with Crippen molar-refractivity contribution in [1.29, 1.82) is 0 Å². The first-order valence-corrected chi connectivity index (χ1v) is 13.3. The number of rotatable bonds is 6. The molecular weight excluding hydrogens is 511 g/mol. The fourth-order valence-corrected chi connectivity index (χ4v) is 4.98. The highest BCUT2D eigenvalue weighted by Gasteiger charge is 2.34. The molecule has 0 aliphatic carbocycles. The lowest BCUT2D eigenvalue weighted by molar-refractivity contribution is -0.133. The number of benzene rings is 2. The average Bonchev–Trinajstić information content (AvgIpc) is 3.57. The predicted octanol–water partition coefficient (Wildman–Crippen LogP) is 5.00. The molecule has 0 saturated heterocycles. The fraction of sp³-hybridized carbons (Fsp3) is 0.367. The first kappa shape index (κ1) is 27.2. The van der Waals surface area contributed by atoms with Crippen molar-refractivity contribution >= 4 is 22.5 Å². The topological polar surface area (TPSA) is 94.6 Å². The number of aromatic nitrogens is 4. The maximum Gasteiger partial charge on any atom is 0.293 e. The Balaban J connectivity index is 1.56. The fourth-order valence-electron chi connectivity index (χ4n) is 4.98. The predicted molar refractivity (Wildman–Crippen MR) is 151 cm³/mol. The van der Waals surface area contributed by atoms with E-state index >= 15 is 0 Å². The number of nitrogens with zero attached hydrogens (tertiary/aromatic N) is 6. The zero-order chi connectivity index (χ0) is 28.8. The van der Waals surface area contributed by atoms with Gasteiger partial charge >= 0.3 is 0 Å². The number of fused-ring (bicyclic) bond motifs is 1. The third-order valence-electron chi connectivity index (χ3n) is 7.02. The van der Waals surface area contributed by atoms with Gasteiger partial charge < -0.3 is 4.74 Å². The van der Waals surface area contributed by atoms with Crippen LogP contribution in [0.2, 0.25) is 0 Å². The molecule has 10 heteroatoms. The van der Waals surface area contributed by atoms with Crippen molar-refractivity contribution in [2.24, 2.45) is 5.10 Å². The summed E-state index contributed by atoms with van der Waals surface area (Å²) in [5, 5.41) is 15.9. The largest absolute Gasteiger partial charge is 0.497 e. The van der Waals surface area contributed by atoms with Crippen LogP contribution in [0.1, 0.15) is 69.8 Å². The average molecular weight is 545 g/mol. The van der Waals surface area contributed by atoms with Crippen molar-refractivity contribution in [1.82, 2.24) is 24.6 Å². The van der Waals surface area contributed by atoms with Crippen LogP contribution in [-0.4, -0.2) is 43.3 Å². The van der Waals surface area contributed by atoms with Crippen LogP contribution in [0.4, 0.5) is 4.39 Å². The molecule has 1 aliphatic heterocycles. The molecule has 208 valence electrons. The molecule has 0 spiro atoms. The second-order valence-corrected chi connectivity index (χ2v) is 11.3. The first-order chi connectivity index (χ1) is 19.0. The molecule has 0 bridgehead atoms. The number of hydrazone groups is 1. The molecule has 5 rings (SSSR count). The SMILES string of the molecule is COc1ccc(C2=NN(C(=O)Cn3nc(C(C)C)c4cnn(C(C)(C)C)c4c3=O)C(c3ccc(F)cc3)C2)cc1. The van der Waals surface area contributed by atoms with Crippen molar-refractivity contribution in [2.75, 3.05) is 7.11 Å². The molecule has 2 aromatic carbocycles. The molecule has 1 amide bonds. The third-order valence-corrected chi connectivity index (χ3v) is 7.02. The zero-order valence-electron chi connectivity index (χ0n) is 23.6. The second-order valence-electron chi connectivity index (χ2n) is 11.3. The van der Waals surface area contributed by atoms with Crippen LogP contribution in [0, 0.1) is 5.82 Å². The molecule has 0 N–H and O–H groups in total. The van der Waals surface area contributed by atoms with Crippen LogP contribution in [0.5, 0.6) is 5.75 Å². The van der Waals surface area contributed by atoms with Crippen LogP contribution in [0.3, 0.4) is 0 Å². The number of hydrogen-bond donors (Lipinski definition) is 0. The Morgan fingerprint density at radius 2 is 1.77 bits per heavy atom. The lowest BCUT2D eigenvalue weighted by Crippen LogP contribution is -2.37. The number of hydrogen-bond acceptors (Lipinski definition) is 6. The molecule has 3 heterocycles. The van der Waals surface area contributed by atoms with Crippen LogP contribution >= 0.6 is 0 Å². The number of ether oxygens (including phenoxy) is 1. The van der Waals surface area contributed by atoms with Gasteiger partial charge in [-0.05, 0) is 74.2 Å². The van der Waals surface area contributed by atoms with Gasteiger partial charge in [-0.25, -0.2) is 14.1 Å². The normalized spacial score (nSPS) is 15.7. The third kappa shape index (κ3) is 5.01. The van der Waals surface area contributed by atoms with E-state index in [1.165, 1.54) is 21.8 Å². The molecule has 0 saturated carbocycles. The maximum absolute atomic E-state index is 13.8. The molecule has 2 aromatic heterocycles. The lowest BCUT2D eigenvalue weighted by atomic mass is 9.98. The van der Waals surface area contributed by atoms with E-state index in [1.54, 1.807) is 30.1 Å². The van der Waals surface area contributed by atoms with Crippen LogP contribution in [0.15, 0.2) is 64.6 Å². The number of amides is 1. The van der Waals surface area contributed by atoms with Crippen molar-refractivity contribution in [3.63, 3.8) is 0 Å². The van der Waals surface area contributed by atoms with E-state index < -0.39 is 23.0 Å². The molecule has 1 aliphatic rings. The van der Waals surface area contributed by atoms with Gasteiger partial charge in [0, 0.05) is 11.8 Å². The number of carbonyl (C=O) groups is 1. The van der Waals surface area contributed by atoms with Gasteiger partial charge in [-0.3, -0.25) is 14.3 Å². The summed E-state index contributed by atoms with van der Waals surface area (Å²) in [6.07, 6.45) is 2.10. The van der Waals surface area contributed by atoms with Crippen molar-refractivity contribution in [2.45, 2.75) is 65.1 Å². The van der Waals surface area contributed by atoms with Crippen LogP contribution in [-0.2, 0) is 16.9 Å². The van der Waals surface area contributed by atoms with Gasteiger partial charge in [-0.2, -0.15) is 15.3 Å². The Bertz CT molecular complexity index is 1650. The number of methoxy groups -OCH3 is 1. The Labute approximate surface area is 231 Å². The van der Waals surface area contributed by atoms with Gasteiger partial charge in [0.05, 0.1) is 36.3 Å². The highest BCUT2D eigenvalue weighted by Crippen LogP contribution is 2.33. The van der Waals surface area contributed by atoms with Crippen molar-refractivity contribution < 1.29 is 13.9 Å². The van der Waals surface area contributed by atoms with Gasteiger partial charge in [0.15, 0.2) is 0 Å². The van der Waals surface area contributed by atoms with E-state index in [2.05, 4.69) is 10.2 Å². The highest BCUT2D eigenvalue weighted by molar-refractivity contribution is 6.03. The minimum atomic E-state index is -0.464.